The number of hydrogen-bond acceptors (Lipinski definition) is 5. The highest BCUT2D eigenvalue weighted by Gasteiger charge is 2.31. The van der Waals surface area contributed by atoms with E-state index in [2.05, 4.69) is 5.32 Å². The summed E-state index contributed by atoms with van der Waals surface area (Å²) in [5.41, 5.74) is 0.477. The van der Waals surface area contributed by atoms with E-state index in [1.54, 1.807) is 29.2 Å². The number of aromatic nitrogens is 1. The van der Waals surface area contributed by atoms with Gasteiger partial charge in [0.15, 0.2) is 0 Å². The summed E-state index contributed by atoms with van der Waals surface area (Å²) in [4.78, 5) is 39.8. The minimum atomic E-state index is -3.23. The Labute approximate surface area is 190 Å². The van der Waals surface area contributed by atoms with Crippen LogP contribution in [-0.4, -0.2) is 65.9 Å². The van der Waals surface area contributed by atoms with Crippen molar-refractivity contribution in [2.75, 3.05) is 31.9 Å². The highest BCUT2D eigenvalue weighted by molar-refractivity contribution is 7.89. The maximum absolute atomic E-state index is 12.8. The van der Waals surface area contributed by atoms with Crippen LogP contribution in [0.5, 0.6) is 0 Å². The molecule has 11 heteroatoms. The zero-order valence-corrected chi connectivity index (χ0v) is 18.9. The number of carbonyl (C=O) groups excluding carboxylic acids is 2. The van der Waals surface area contributed by atoms with Crippen LogP contribution in [0.25, 0.3) is 0 Å². The second-order valence-corrected chi connectivity index (χ2v) is 10.3. The van der Waals surface area contributed by atoms with E-state index < -0.39 is 21.5 Å². The van der Waals surface area contributed by atoms with E-state index in [1.165, 1.54) is 21.0 Å². The number of sulfonamides is 1. The van der Waals surface area contributed by atoms with Crippen molar-refractivity contribution in [2.24, 2.45) is 0 Å². The normalized spacial score (nSPS) is 17.9. The Morgan fingerprint density at radius 3 is 2.44 bits per heavy atom. The third kappa shape index (κ3) is 4.57. The molecular weight excluding hydrogens is 456 g/mol. The second kappa shape index (κ2) is 9.05. The lowest BCUT2D eigenvalue weighted by molar-refractivity contribution is 0.0691. The van der Waals surface area contributed by atoms with E-state index in [4.69, 9.17) is 11.6 Å². The molecule has 2 amide bonds. The largest absolute Gasteiger partial charge is 0.348 e. The van der Waals surface area contributed by atoms with Gasteiger partial charge in [-0.05, 0) is 36.2 Å². The zero-order valence-electron chi connectivity index (χ0n) is 17.3. The third-order valence-electron chi connectivity index (χ3n) is 5.71. The van der Waals surface area contributed by atoms with Gasteiger partial charge in [-0.25, -0.2) is 12.7 Å². The first kappa shape index (κ1) is 22.5. The fraction of sp³-hybridized carbons (Fsp3) is 0.381. The number of pyridine rings is 1. The molecule has 0 unspecified atom stereocenters. The maximum atomic E-state index is 12.8. The third-order valence-corrected chi connectivity index (χ3v) is 7.92. The van der Waals surface area contributed by atoms with Crippen LogP contribution in [0.4, 0.5) is 0 Å². The fourth-order valence-corrected chi connectivity index (χ4v) is 5.56. The number of benzene rings is 1. The Morgan fingerprint density at radius 2 is 1.75 bits per heavy atom. The predicted molar refractivity (Wildman–Crippen MR) is 119 cm³/mol. The van der Waals surface area contributed by atoms with Crippen LogP contribution < -0.4 is 10.9 Å². The van der Waals surface area contributed by atoms with Gasteiger partial charge in [-0.3, -0.25) is 14.4 Å². The SMILES string of the molecule is O=C(NCc1ccc(Cl)cc1)c1ccc2n(c1=O)CCN(CCN1CCCS1(=O)=O)C2=O. The summed E-state index contributed by atoms with van der Waals surface area (Å²) in [5, 5.41) is 3.30. The van der Waals surface area contributed by atoms with Crippen molar-refractivity contribution in [1.29, 1.82) is 0 Å². The highest BCUT2D eigenvalue weighted by Crippen LogP contribution is 2.15. The van der Waals surface area contributed by atoms with Crippen molar-refractivity contribution in [3.05, 3.63) is 68.6 Å². The molecule has 0 saturated carbocycles. The van der Waals surface area contributed by atoms with Crippen molar-refractivity contribution in [3.8, 4) is 0 Å². The number of hydrogen-bond donors (Lipinski definition) is 1. The van der Waals surface area contributed by atoms with E-state index in [9.17, 15) is 22.8 Å². The van der Waals surface area contributed by atoms with Crippen LogP contribution in [0.15, 0.2) is 41.2 Å². The Balaban J connectivity index is 1.43. The predicted octanol–water partition coefficient (Wildman–Crippen LogP) is 0.923. The molecule has 2 aliphatic heterocycles. The van der Waals surface area contributed by atoms with Gasteiger partial charge in [0, 0.05) is 44.3 Å². The van der Waals surface area contributed by atoms with Crippen molar-refractivity contribution < 1.29 is 18.0 Å². The summed E-state index contributed by atoms with van der Waals surface area (Å²) in [6.07, 6.45) is 0.595. The summed E-state index contributed by atoms with van der Waals surface area (Å²) in [5.74, 6) is -0.727. The molecule has 170 valence electrons. The van der Waals surface area contributed by atoms with Gasteiger partial charge in [-0.2, -0.15) is 0 Å². The van der Waals surface area contributed by atoms with Gasteiger partial charge in [0.05, 0.1) is 5.75 Å². The average Bonchev–Trinajstić information content (AvgIpc) is 3.11. The molecule has 1 N–H and O–H groups in total. The molecule has 0 spiro atoms. The molecular formula is C21H23ClN4O5S. The Hall–Kier alpha value is -2.69. The quantitative estimate of drug-likeness (QED) is 0.664. The van der Waals surface area contributed by atoms with Gasteiger partial charge in [-0.15, -0.1) is 0 Å². The minimum Gasteiger partial charge on any atom is -0.348 e. The van der Waals surface area contributed by atoms with Crippen molar-refractivity contribution in [2.45, 2.75) is 19.5 Å². The van der Waals surface area contributed by atoms with Crippen molar-refractivity contribution in [3.63, 3.8) is 0 Å². The summed E-state index contributed by atoms with van der Waals surface area (Å²) < 4.78 is 26.6. The van der Waals surface area contributed by atoms with Crippen LogP contribution in [0.3, 0.4) is 0 Å². The number of rotatable bonds is 6. The first-order chi connectivity index (χ1) is 15.3. The van der Waals surface area contributed by atoms with Crippen LogP contribution in [0.2, 0.25) is 5.02 Å². The second-order valence-electron chi connectivity index (χ2n) is 7.76. The molecule has 1 aromatic heterocycles. The number of nitrogens with zero attached hydrogens (tertiary/aromatic N) is 3. The molecule has 2 aromatic rings. The van der Waals surface area contributed by atoms with Crippen LogP contribution in [0.1, 0.15) is 32.8 Å². The number of carbonyl (C=O) groups is 2. The number of amides is 2. The highest BCUT2D eigenvalue weighted by atomic mass is 35.5. The smallest absolute Gasteiger partial charge is 0.270 e. The van der Waals surface area contributed by atoms with Gasteiger partial charge >= 0.3 is 0 Å². The topological polar surface area (TPSA) is 109 Å². The lowest BCUT2D eigenvalue weighted by Crippen LogP contribution is -2.48. The molecule has 0 atom stereocenters. The van der Waals surface area contributed by atoms with E-state index in [-0.39, 0.29) is 55.6 Å². The average molecular weight is 479 g/mol. The van der Waals surface area contributed by atoms with Gasteiger partial charge < -0.3 is 14.8 Å². The number of nitrogens with one attached hydrogen (secondary N) is 1. The Morgan fingerprint density at radius 1 is 1.00 bits per heavy atom. The Bertz CT molecular complexity index is 1210. The molecule has 3 heterocycles. The molecule has 9 nitrogen and oxygen atoms in total. The molecule has 4 rings (SSSR count). The van der Waals surface area contributed by atoms with Crippen LogP contribution >= 0.6 is 11.6 Å². The van der Waals surface area contributed by atoms with E-state index in [0.29, 0.717) is 18.0 Å². The van der Waals surface area contributed by atoms with Crippen LogP contribution in [0, 0.1) is 0 Å². The van der Waals surface area contributed by atoms with Crippen molar-refractivity contribution >= 4 is 33.4 Å². The van der Waals surface area contributed by atoms with Crippen LogP contribution in [-0.2, 0) is 23.1 Å². The van der Waals surface area contributed by atoms with Gasteiger partial charge in [0.1, 0.15) is 11.3 Å². The number of fused-ring (bicyclic) bond motifs is 1. The zero-order chi connectivity index (χ0) is 22.9. The minimum absolute atomic E-state index is 0.0351. The monoisotopic (exact) mass is 478 g/mol. The maximum Gasteiger partial charge on any atom is 0.270 e. The van der Waals surface area contributed by atoms with E-state index in [0.717, 1.165) is 5.56 Å². The molecule has 32 heavy (non-hydrogen) atoms. The summed E-state index contributed by atoms with van der Waals surface area (Å²) in [6, 6.07) is 9.82. The molecule has 2 aliphatic rings. The van der Waals surface area contributed by atoms with E-state index >= 15 is 0 Å². The summed E-state index contributed by atoms with van der Waals surface area (Å²) in [7, 11) is -3.23. The molecule has 0 bridgehead atoms. The molecule has 1 aromatic carbocycles. The summed E-state index contributed by atoms with van der Waals surface area (Å²) in [6.45, 7) is 1.72. The lowest BCUT2D eigenvalue weighted by atomic mass is 10.1. The standard InChI is InChI=1S/C21H23ClN4O5S/c22-16-4-2-15(3-5-16)14-23-19(27)17-6-7-18-21(29)24(10-12-26(18)20(17)28)9-11-25-8-1-13-32(25,30)31/h2-7H,1,8-14H2,(H,23,27). The van der Waals surface area contributed by atoms with Crippen molar-refractivity contribution in [1.82, 2.24) is 19.1 Å². The molecule has 0 radical (unpaired) electrons. The van der Waals surface area contributed by atoms with E-state index in [1.807, 2.05) is 0 Å². The van der Waals surface area contributed by atoms with Gasteiger partial charge in [0.25, 0.3) is 17.4 Å². The molecule has 1 saturated heterocycles. The Kier molecular flexibility index (Phi) is 6.36. The summed E-state index contributed by atoms with van der Waals surface area (Å²) >= 11 is 5.85. The number of halogens is 1. The fourth-order valence-electron chi connectivity index (χ4n) is 3.91. The molecule has 0 aliphatic carbocycles. The van der Waals surface area contributed by atoms with Gasteiger partial charge in [0.2, 0.25) is 10.0 Å². The molecule has 1 fully saturated rings. The van der Waals surface area contributed by atoms with Gasteiger partial charge in [-0.1, -0.05) is 23.7 Å². The lowest BCUT2D eigenvalue weighted by Gasteiger charge is -2.30. The first-order valence-electron chi connectivity index (χ1n) is 10.3. The first-order valence-corrected chi connectivity index (χ1v) is 12.3.